The number of carbonyl (C=O) groups excluding carboxylic acids is 1. The Labute approximate surface area is 188 Å². The van der Waals surface area contributed by atoms with Gasteiger partial charge >= 0.3 is 0 Å². The number of aryl methyl sites for hydroxylation is 1. The standard InChI is InChI=1S/C28H26FNO2/c1-28(2)17-32-27(30-28)24-13-11-22(29)16-25(24)20-10-12-23-19(15-20)8-9-21(26(23)31)14-18-6-4-3-5-7-18/h3-7,10-13,15-16,21H,8-9,14,17H2,1-2H3. The number of carbonyl (C=O) groups is 1. The van der Waals surface area contributed by atoms with Crippen LogP contribution < -0.4 is 0 Å². The topological polar surface area (TPSA) is 38.7 Å². The van der Waals surface area contributed by atoms with Gasteiger partial charge < -0.3 is 4.74 Å². The van der Waals surface area contributed by atoms with Gasteiger partial charge in [0.15, 0.2) is 5.78 Å². The zero-order chi connectivity index (χ0) is 22.3. The molecule has 1 aliphatic heterocycles. The van der Waals surface area contributed by atoms with Crippen molar-refractivity contribution in [2.45, 2.75) is 38.6 Å². The minimum atomic E-state index is -0.307. The van der Waals surface area contributed by atoms with Gasteiger partial charge in [-0.05, 0) is 73.6 Å². The zero-order valence-electron chi connectivity index (χ0n) is 18.4. The van der Waals surface area contributed by atoms with E-state index in [4.69, 9.17) is 4.74 Å². The van der Waals surface area contributed by atoms with Crippen LogP contribution in [0.25, 0.3) is 11.1 Å². The highest BCUT2D eigenvalue weighted by Gasteiger charge is 2.30. The molecule has 162 valence electrons. The molecule has 4 heteroatoms. The second kappa shape index (κ2) is 8.01. The first-order chi connectivity index (χ1) is 15.4. The van der Waals surface area contributed by atoms with Gasteiger partial charge in [-0.15, -0.1) is 0 Å². The number of ether oxygens (including phenoxy) is 1. The van der Waals surface area contributed by atoms with Crippen molar-refractivity contribution < 1.29 is 13.9 Å². The van der Waals surface area contributed by atoms with Crippen LogP contribution in [0.5, 0.6) is 0 Å². The molecule has 3 aromatic carbocycles. The first-order valence-corrected chi connectivity index (χ1v) is 11.1. The van der Waals surface area contributed by atoms with Crippen LogP contribution in [0.2, 0.25) is 0 Å². The quantitative estimate of drug-likeness (QED) is 0.509. The van der Waals surface area contributed by atoms with E-state index in [2.05, 4.69) is 17.1 Å². The molecule has 32 heavy (non-hydrogen) atoms. The van der Waals surface area contributed by atoms with Crippen LogP contribution in [0.15, 0.2) is 71.7 Å². The molecule has 0 amide bonds. The van der Waals surface area contributed by atoms with Gasteiger partial charge in [-0.25, -0.2) is 9.38 Å². The second-order valence-corrected chi connectivity index (χ2v) is 9.37. The van der Waals surface area contributed by atoms with Gasteiger partial charge in [0, 0.05) is 17.0 Å². The molecule has 1 heterocycles. The SMILES string of the molecule is CC1(C)COC(c2ccc(F)cc2-c2ccc3c(c2)CCC(Cc2ccccc2)C3=O)=N1. The third-order valence-electron chi connectivity index (χ3n) is 6.32. The fraction of sp³-hybridized carbons (Fsp3) is 0.286. The molecule has 1 aliphatic carbocycles. The Morgan fingerprint density at radius 1 is 1.00 bits per heavy atom. The highest BCUT2D eigenvalue weighted by Crippen LogP contribution is 2.34. The summed E-state index contributed by atoms with van der Waals surface area (Å²) in [4.78, 5) is 17.8. The first-order valence-electron chi connectivity index (χ1n) is 11.1. The average Bonchev–Trinajstić information content (AvgIpc) is 3.15. The lowest BCUT2D eigenvalue weighted by Crippen LogP contribution is -2.24. The maximum atomic E-state index is 14.2. The number of Topliss-reactive ketones (excluding diaryl/α,β-unsaturated/α-hetero) is 1. The van der Waals surface area contributed by atoms with Gasteiger partial charge in [-0.3, -0.25) is 4.79 Å². The van der Waals surface area contributed by atoms with Crippen molar-refractivity contribution in [3.8, 4) is 11.1 Å². The predicted octanol–water partition coefficient (Wildman–Crippen LogP) is 6.04. The third kappa shape index (κ3) is 3.97. The number of nitrogens with zero attached hydrogens (tertiary/aromatic N) is 1. The number of aliphatic imine (C=N–C) groups is 1. The monoisotopic (exact) mass is 427 g/mol. The van der Waals surface area contributed by atoms with Crippen molar-refractivity contribution in [3.05, 3.63) is 94.8 Å². The lowest BCUT2D eigenvalue weighted by atomic mass is 9.79. The molecule has 0 aromatic heterocycles. The van der Waals surface area contributed by atoms with E-state index >= 15 is 0 Å². The summed E-state index contributed by atoms with van der Waals surface area (Å²) in [5.74, 6) is 0.440. The maximum Gasteiger partial charge on any atom is 0.217 e. The first kappa shape index (κ1) is 20.6. The Kier molecular flexibility index (Phi) is 5.16. The zero-order valence-corrected chi connectivity index (χ0v) is 18.4. The third-order valence-corrected chi connectivity index (χ3v) is 6.32. The van der Waals surface area contributed by atoms with Crippen LogP contribution in [0.3, 0.4) is 0 Å². The number of fused-ring (bicyclic) bond motifs is 1. The van der Waals surface area contributed by atoms with Gasteiger partial charge in [-0.1, -0.05) is 48.5 Å². The Balaban J connectivity index is 1.47. The van der Waals surface area contributed by atoms with E-state index in [0.717, 1.165) is 47.1 Å². The van der Waals surface area contributed by atoms with Crippen LogP contribution in [0.1, 0.15) is 47.3 Å². The number of hydrogen-bond acceptors (Lipinski definition) is 3. The van der Waals surface area contributed by atoms with Crippen LogP contribution >= 0.6 is 0 Å². The number of rotatable bonds is 4. The normalized spacial score (nSPS) is 19.3. The molecule has 0 bridgehead atoms. The number of hydrogen-bond donors (Lipinski definition) is 0. The Morgan fingerprint density at radius 3 is 2.53 bits per heavy atom. The molecule has 1 atom stereocenters. The van der Waals surface area contributed by atoms with E-state index < -0.39 is 0 Å². The van der Waals surface area contributed by atoms with Crippen molar-refractivity contribution in [3.63, 3.8) is 0 Å². The molecule has 5 rings (SSSR count). The Bertz CT molecular complexity index is 1210. The summed E-state index contributed by atoms with van der Waals surface area (Å²) < 4.78 is 20.0. The largest absolute Gasteiger partial charge is 0.475 e. The predicted molar refractivity (Wildman–Crippen MR) is 125 cm³/mol. The van der Waals surface area contributed by atoms with Gasteiger partial charge in [0.2, 0.25) is 5.90 Å². The van der Waals surface area contributed by atoms with Crippen LogP contribution in [0.4, 0.5) is 4.39 Å². The van der Waals surface area contributed by atoms with E-state index in [0.29, 0.717) is 12.5 Å². The van der Waals surface area contributed by atoms with Crippen molar-refractivity contribution in [2.75, 3.05) is 6.61 Å². The van der Waals surface area contributed by atoms with Crippen molar-refractivity contribution in [1.82, 2.24) is 0 Å². The molecule has 2 aliphatic rings. The molecule has 3 nitrogen and oxygen atoms in total. The van der Waals surface area contributed by atoms with E-state index in [-0.39, 0.29) is 23.1 Å². The Morgan fingerprint density at radius 2 is 1.78 bits per heavy atom. The van der Waals surface area contributed by atoms with E-state index in [1.807, 2.05) is 50.2 Å². The van der Waals surface area contributed by atoms with E-state index in [9.17, 15) is 9.18 Å². The summed E-state index contributed by atoms with van der Waals surface area (Å²) in [6, 6.07) is 20.7. The second-order valence-electron chi connectivity index (χ2n) is 9.37. The summed E-state index contributed by atoms with van der Waals surface area (Å²) in [5, 5.41) is 0. The van der Waals surface area contributed by atoms with Crippen molar-refractivity contribution >= 4 is 11.7 Å². The summed E-state index contributed by atoms with van der Waals surface area (Å²) in [6.45, 7) is 4.53. The van der Waals surface area contributed by atoms with Gasteiger partial charge in [0.1, 0.15) is 12.4 Å². The van der Waals surface area contributed by atoms with E-state index in [1.54, 1.807) is 6.07 Å². The molecular formula is C28H26FNO2. The smallest absolute Gasteiger partial charge is 0.217 e. The molecular weight excluding hydrogens is 401 g/mol. The number of ketones is 1. The summed E-state index contributed by atoms with van der Waals surface area (Å²) >= 11 is 0. The van der Waals surface area contributed by atoms with E-state index in [1.165, 1.54) is 17.7 Å². The lowest BCUT2D eigenvalue weighted by molar-refractivity contribution is 0.0901. The molecule has 0 N–H and O–H groups in total. The summed E-state index contributed by atoms with van der Waals surface area (Å²) in [7, 11) is 0. The number of benzene rings is 3. The molecule has 0 radical (unpaired) electrons. The fourth-order valence-corrected chi connectivity index (χ4v) is 4.65. The van der Waals surface area contributed by atoms with Crippen LogP contribution in [-0.4, -0.2) is 23.8 Å². The lowest BCUT2D eigenvalue weighted by Gasteiger charge is -2.24. The maximum absolute atomic E-state index is 14.2. The van der Waals surface area contributed by atoms with Crippen LogP contribution in [-0.2, 0) is 17.6 Å². The highest BCUT2D eigenvalue weighted by atomic mass is 19.1. The van der Waals surface area contributed by atoms with Crippen molar-refractivity contribution in [2.24, 2.45) is 10.9 Å². The molecule has 1 unspecified atom stereocenters. The summed E-state index contributed by atoms with van der Waals surface area (Å²) in [5.41, 5.74) is 5.11. The number of halogens is 1. The van der Waals surface area contributed by atoms with Gasteiger partial charge in [0.05, 0.1) is 5.54 Å². The Hall–Kier alpha value is -3.27. The summed E-state index contributed by atoms with van der Waals surface area (Å²) in [6.07, 6.45) is 2.42. The minimum Gasteiger partial charge on any atom is -0.475 e. The van der Waals surface area contributed by atoms with Crippen LogP contribution in [0, 0.1) is 11.7 Å². The average molecular weight is 428 g/mol. The molecule has 0 spiro atoms. The van der Waals surface area contributed by atoms with Gasteiger partial charge in [-0.2, -0.15) is 0 Å². The molecule has 0 saturated heterocycles. The molecule has 0 saturated carbocycles. The van der Waals surface area contributed by atoms with Crippen molar-refractivity contribution in [1.29, 1.82) is 0 Å². The highest BCUT2D eigenvalue weighted by molar-refractivity contribution is 6.03. The molecule has 3 aromatic rings. The minimum absolute atomic E-state index is 0.00366. The van der Waals surface area contributed by atoms with Gasteiger partial charge in [0.25, 0.3) is 0 Å². The molecule has 0 fully saturated rings. The fourth-order valence-electron chi connectivity index (χ4n) is 4.65.